The van der Waals surface area contributed by atoms with Crippen LogP contribution in [0.15, 0.2) is 36.9 Å². The van der Waals surface area contributed by atoms with Crippen LogP contribution in [0.2, 0.25) is 0 Å². The summed E-state index contributed by atoms with van der Waals surface area (Å²) in [6, 6.07) is 3.87. The molecule has 2 N–H and O–H groups in total. The zero-order valence-corrected chi connectivity index (χ0v) is 11.8. The standard InChI is InChI=1S/C15H17N5/c1-15(2,3)14-19-11(10-5-4-6-17-9-10)12-13(16)18-7-8-20(12)14/h4-9H,1-3H3,(H2,16,18). The summed E-state index contributed by atoms with van der Waals surface area (Å²) in [5.74, 6) is 1.44. The number of anilines is 1. The Morgan fingerprint density at radius 1 is 1.20 bits per heavy atom. The number of fused-ring (bicyclic) bond motifs is 1. The van der Waals surface area contributed by atoms with Gasteiger partial charge in [0, 0.05) is 35.8 Å². The van der Waals surface area contributed by atoms with Crippen LogP contribution in [-0.4, -0.2) is 19.4 Å². The first-order valence-corrected chi connectivity index (χ1v) is 6.52. The van der Waals surface area contributed by atoms with E-state index in [1.165, 1.54) is 0 Å². The van der Waals surface area contributed by atoms with Gasteiger partial charge in [0.15, 0.2) is 0 Å². The number of imidazole rings is 1. The lowest BCUT2D eigenvalue weighted by Crippen LogP contribution is -2.16. The van der Waals surface area contributed by atoms with Crippen molar-refractivity contribution in [2.24, 2.45) is 0 Å². The smallest absolute Gasteiger partial charge is 0.150 e. The van der Waals surface area contributed by atoms with E-state index in [1.807, 2.05) is 22.7 Å². The third-order valence-electron chi connectivity index (χ3n) is 3.19. The van der Waals surface area contributed by atoms with Crippen molar-refractivity contribution in [3.05, 3.63) is 42.7 Å². The normalized spacial score (nSPS) is 11.9. The lowest BCUT2D eigenvalue weighted by Gasteiger charge is -2.16. The summed E-state index contributed by atoms with van der Waals surface area (Å²) in [4.78, 5) is 13.1. The van der Waals surface area contributed by atoms with Gasteiger partial charge in [-0.1, -0.05) is 20.8 Å². The highest BCUT2D eigenvalue weighted by molar-refractivity contribution is 5.85. The van der Waals surface area contributed by atoms with Crippen molar-refractivity contribution in [2.45, 2.75) is 26.2 Å². The third-order valence-corrected chi connectivity index (χ3v) is 3.19. The van der Waals surface area contributed by atoms with E-state index in [1.54, 1.807) is 18.6 Å². The van der Waals surface area contributed by atoms with Gasteiger partial charge in [0.1, 0.15) is 22.9 Å². The fraction of sp³-hybridized carbons (Fsp3) is 0.267. The molecule has 5 nitrogen and oxygen atoms in total. The Bertz CT molecular complexity index is 753. The number of pyridine rings is 1. The molecule has 0 aromatic carbocycles. The molecule has 0 aliphatic rings. The summed E-state index contributed by atoms with van der Waals surface area (Å²) in [7, 11) is 0. The summed E-state index contributed by atoms with van der Waals surface area (Å²) >= 11 is 0. The van der Waals surface area contributed by atoms with Gasteiger partial charge in [-0.2, -0.15) is 0 Å². The Morgan fingerprint density at radius 3 is 2.65 bits per heavy atom. The highest BCUT2D eigenvalue weighted by atomic mass is 15.1. The molecule has 0 saturated heterocycles. The molecule has 0 fully saturated rings. The number of nitrogens with two attached hydrogens (primary N) is 1. The maximum absolute atomic E-state index is 6.06. The summed E-state index contributed by atoms with van der Waals surface area (Å²) in [5, 5.41) is 0. The predicted octanol–water partition coefficient (Wildman–Crippen LogP) is 2.67. The molecule has 0 bridgehead atoms. The van der Waals surface area contributed by atoms with Crippen molar-refractivity contribution in [2.75, 3.05) is 5.73 Å². The molecular weight excluding hydrogens is 250 g/mol. The maximum atomic E-state index is 6.06. The van der Waals surface area contributed by atoms with Gasteiger partial charge < -0.3 is 5.73 Å². The van der Waals surface area contributed by atoms with E-state index in [0.717, 1.165) is 22.6 Å². The van der Waals surface area contributed by atoms with E-state index in [2.05, 4.69) is 30.7 Å². The Labute approximate surface area is 117 Å². The van der Waals surface area contributed by atoms with Gasteiger partial charge in [-0.15, -0.1) is 0 Å². The van der Waals surface area contributed by atoms with E-state index in [4.69, 9.17) is 10.7 Å². The summed E-state index contributed by atoms with van der Waals surface area (Å²) < 4.78 is 2.02. The second-order valence-electron chi connectivity index (χ2n) is 5.81. The first kappa shape index (κ1) is 12.6. The zero-order chi connectivity index (χ0) is 14.3. The van der Waals surface area contributed by atoms with Crippen molar-refractivity contribution in [1.82, 2.24) is 19.4 Å². The van der Waals surface area contributed by atoms with Crippen LogP contribution in [0.5, 0.6) is 0 Å². The molecule has 0 aliphatic heterocycles. The Balaban J connectivity index is 2.39. The maximum Gasteiger partial charge on any atom is 0.150 e. The molecule has 0 saturated carbocycles. The van der Waals surface area contributed by atoms with Gasteiger partial charge in [0.25, 0.3) is 0 Å². The van der Waals surface area contributed by atoms with Crippen molar-refractivity contribution < 1.29 is 0 Å². The summed E-state index contributed by atoms with van der Waals surface area (Å²) in [6.07, 6.45) is 7.14. The quantitative estimate of drug-likeness (QED) is 0.736. The minimum absolute atomic E-state index is 0.0861. The first-order valence-electron chi connectivity index (χ1n) is 6.52. The molecule has 3 aromatic rings. The SMILES string of the molecule is CC(C)(C)c1nc(-c2cccnc2)c2c(N)nccn12. The van der Waals surface area contributed by atoms with Crippen LogP contribution in [0.25, 0.3) is 16.8 Å². The molecule has 0 radical (unpaired) electrons. The minimum atomic E-state index is -0.0861. The van der Waals surface area contributed by atoms with Gasteiger partial charge >= 0.3 is 0 Å². The van der Waals surface area contributed by atoms with Gasteiger partial charge in [-0.25, -0.2) is 9.97 Å². The van der Waals surface area contributed by atoms with Crippen LogP contribution in [-0.2, 0) is 5.41 Å². The van der Waals surface area contributed by atoms with Crippen molar-refractivity contribution in [3.8, 4) is 11.3 Å². The van der Waals surface area contributed by atoms with Crippen LogP contribution in [0.4, 0.5) is 5.82 Å². The number of hydrogen-bond acceptors (Lipinski definition) is 4. The molecule has 0 spiro atoms. The minimum Gasteiger partial charge on any atom is -0.382 e. The van der Waals surface area contributed by atoms with Crippen molar-refractivity contribution >= 4 is 11.3 Å². The molecule has 0 unspecified atom stereocenters. The number of aromatic nitrogens is 4. The average molecular weight is 267 g/mol. The van der Waals surface area contributed by atoms with E-state index in [9.17, 15) is 0 Å². The van der Waals surface area contributed by atoms with Crippen LogP contribution in [0.3, 0.4) is 0 Å². The molecule has 0 atom stereocenters. The highest BCUT2D eigenvalue weighted by Crippen LogP contribution is 2.31. The fourth-order valence-corrected chi connectivity index (χ4v) is 2.30. The van der Waals surface area contributed by atoms with Gasteiger partial charge in [-0.3, -0.25) is 9.38 Å². The monoisotopic (exact) mass is 267 g/mol. The summed E-state index contributed by atoms with van der Waals surface area (Å²) in [5.41, 5.74) is 8.58. The lowest BCUT2D eigenvalue weighted by molar-refractivity contribution is 0.543. The Hall–Kier alpha value is -2.43. The van der Waals surface area contributed by atoms with Gasteiger partial charge in [0.2, 0.25) is 0 Å². The Morgan fingerprint density at radius 2 is 2.00 bits per heavy atom. The largest absolute Gasteiger partial charge is 0.382 e. The van der Waals surface area contributed by atoms with Crippen LogP contribution >= 0.6 is 0 Å². The van der Waals surface area contributed by atoms with Crippen LogP contribution in [0, 0.1) is 0 Å². The van der Waals surface area contributed by atoms with Gasteiger partial charge in [-0.05, 0) is 12.1 Å². The predicted molar refractivity (Wildman–Crippen MR) is 79.3 cm³/mol. The average Bonchev–Trinajstić information content (AvgIpc) is 2.81. The molecule has 3 heterocycles. The van der Waals surface area contributed by atoms with Gasteiger partial charge in [0.05, 0.1) is 0 Å². The second kappa shape index (κ2) is 4.30. The van der Waals surface area contributed by atoms with E-state index < -0.39 is 0 Å². The zero-order valence-electron chi connectivity index (χ0n) is 11.8. The lowest BCUT2D eigenvalue weighted by atomic mass is 9.96. The molecule has 0 aliphatic carbocycles. The summed E-state index contributed by atoms with van der Waals surface area (Å²) in [6.45, 7) is 6.39. The molecular formula is C15H17N5. The molecule has 0 amide bonds. The number of nitrogen functional groups attached to an aromatic ring is 1. The fourth-order valence-electron chi connectivity index (χ4n) is 2.30. The molecule has 3 aromatic heterocycles. The molecule has 3 rings (SSSR count). The highest BCUT2D eigenvalue weighted by Gasteiger charge is 2.24. The number of rotatable bonds is 1. The van der Waals surface area contributed by atoms with E-state index >= 15 is 0 Å². The molecule has 102 valence electrons. The number of hydrogen-bond donors (Lipinski definition) is 1. The van der Waals surface area contributed by atoms with Crippen LogP contribution < -0.4 is 5.73 Å². The molecule has 5 heteroatoms. The van der Waals surface area contributed by atoms with E-state index in [-0.39, 0.29) is 5.41 Å². The topological polar surface area (TPSA) is 69.1 Å². The second-order valence-corrected chi connectivity index (χ2v) is 5.81. The van der Waals surface area contributed by atoms with E-state index in [0.29, 0.717) is 5.82 Å². The van der Waals surface area contributed by atoms with Crippen molar-refractivity contribution in [1.29, 1.82) is 0 Å². The van der Waals surface area contributed by atoms with Crippen molar-refractivity contribution in [3.63, 3.8) is 0 Å². The third kappa shape index (κ3) is 1.91. The van der Waals surface area contributed by atoms with Crippen LogP contribution in [0.1, 0.15) is 26.6 Å². The Kier molecular flexibility index (Phi) is 2.71. The molecule has 20 heavy (non-hydrogen) atoms. The first-order chi connectivity index (χ1) is 9.48. The number of nitrogens with zero attached hydrogens (tertiary/aromatic N) is 4.